The number of nitrogens with one attached hydrogen (secondary N) is 1. The van der Waals surface area contributed by atoms with E-state index < -0.39 is 0 Å². The zero-order valence-electron chi connectivity index (χ0n) is 22.4. The smallest absolute Gasteiger partial charge is 0.275 e. The van der Waals surface area contributed by atoms with E-state index in [1.807, 2.05) is 67.4 Å². The van der Waals surface area contributed by atoms with Crippen LogP contribution in [0.15, 0.2) is 66.7 Å². The molecule has 7 rings (SSSR count). The van der Waals surface area contributed by atoms with E-state index in [1.165, 1.54) is 12.1 Å². The van der Waals surface area contributed by atoms with E-state index in [0.717, 1.165) is 22.4 Å². The van der Waals surface area contributed by atoms with E-state index in [-0.39, 0.29) is 29.2 Å². The number of rotatable bonds is 1. The van der Waals surface area contributed by atoms with Crippen LogP contribution in [-0.4, -0.2) is 51.3 Å². The molecular weight excluding hydrogens is 508 g/mol. The molecule has 204 valence electrons. The van der Waals surface area contributed by atoms with Gasteiger partial charge in [-0.15, -0.1) is 0 Å². The van der Waals surface area contributed by atoms with Crippen LogP contribution in [0.1, 0.15) is 55.7 Å². The Balaban J connectivity index is 1.43. The Morgan fingerprint density at radius 2 is 1.88 bits per heavy atom. The third kappa shape index (κ3) is 4.86. The number of hydrogen-bond donors (Lipinski definition) is 2. The molecule has 0 saturated heterocycles. The lowest BCUT2D eigenvalue weighted by atomic mass is 9.87. The molecule has 2 N–H and O–H groups in total. The lowest BCUT2D eigenvalue weighted by Crippen LogP contribution is -2.40. The van der Waals surface area contributed by atoms with Gasteiger partial charge in [-0.05, 0) is 85.0 Å². The normalized spacial score (nSPS) is 16.8. The predicted molar refractivity (Wildman–Crippen MR) is 148 cm³/mol. The number of benzene rings is 3. The van der Waals surface area contributed by atoms with Gasteiger partial charge in [0.25, 0.3) is 11.8 Å². The number of phenolic OH excluding ortho intramolecular Hbond substituents is 1. The second-order valence-electron chi connectivity index (χ2n) is 10.1. The Labute approximate surface area is 232 Å². The van der Waals surface area contributed by atoms with Gasteiger partial charge in [0.05, 0.1) is 18.2 Å². The van der Waals surface area contributed by atoms with Gasteiger partial charge < -0.3 is 24.8 Å². The van der Waals surface area contributed by atoms with Gasteiger partial charge in [-0.1, -0.05) is 18.2 Å². The number of carbonyl (C=O) groups excluding carboxylic acids is 2. The van der Waals surface area contributed by atoms with Crippen LogP contribution in [0.3, 0.4) is 0 Å². The van der Waals surface area contributed by atoms with Crippen molar-refractivity contribution in [2.75, 3.05) is 19.7 Å². The first-order valence-corrected chi connectivity index (χ1v) is 13.3. The first-order valence-electron chi connectivity index (χ1n) is 13.3. The van der Waals surface area contributed by atoms with Gasteiger partial charge in [-0.25, -0.2) is 0 Å². The number of fused-ring (bicyclic) bond motifs is 6. The second kappa shape index (κ2) is 10.4. The largest absolute Gasteiger partial charge is 0.507 e. The summed E-state index contributed by atoms with van der Waals surface area (Å²) in [6.45, 7) is 3.20. The maximum atomic E-state index is 13.8. The molecule has 1 aromatic heterocycles. The van der Waals surface area contributed by atoms with Gasteiger partial charge in [0.15, 0.2) is 5.69 Å². The number of aryl methyl sites for hydroxylation is 2. The zero-order valence-corrected chi connectivity index (χ0v) is 22.4. The lowest BCUT2D eigenvalue weighted by Gasteiger charge is -2.37. The summed E-state index contributed by atoms with van der Waals surface area (Å²) >= 11 is 0. The Hall–Kier alpha value is -4.79. The molecular formula is C31H30N4O5. The minimum atomic E-state index is -0.382. The second-order valence-corrected chi connectivity index (χ2v) is 10.1. The minimum Gasteiger partial charge on any atom is -0.507 e. The first kappa shape index (κ1) is 25.5. The van der Waals surface area contributed by atoms with E-state index in [9.17, 15) is 14.7 Å². The van der Waals surface area contributed by atoms with E-state index in [2.05, 4.69) is 10.4 Å². The molecule has 9 nitrogen and oxygen atoms in total. The molecule has 0 aliphatic carbocycles. The maximum Gasteiger partial charge on any atom is 0.275 e. The molecule has 40 heavy (non-hydrogen) atoms. The molecule has 0 fully saturated rings. The molecule has 0 saturated carbocycles. The van der Waals surface area contributed by atoms with Gasteiger partial charge in [-0.2, -0.15) is 5.10 Å². The standard InChI is InChI=1S/C31H30N4O5/c1-19-15-27(33-34(19)2)31(38)35-13-11-20-16-23-7-9-25(20)29(35)21-5-3-6-22(17-21)39-14-4-12-32-30(37)26-18-24(40-23)8-10-28(26)36/h3,5-10,15-18,29,36H,4,11-14H2,1-2H3,(H,32,37). The van der Waals surface area contributed by atoms with Gasteiger partial charge >= 0.3 is 0 Å². The molecule has 0 spiro atoms. The monoisotopic (exact) mass is 538 g/mol. The number of aromatic hydroxyl groups is 1. The first-order chi connectivity index (χ1) is 19.4. The molecule has 9 heteroatoms. The van der Waals surface area contributed by atoms with Crippen molar-refractivity contribution in [3.8, 4) is 23.0 Å². The maximum absolute atomic E-state index is 13.8. The summed E-state index contributed by atoms with van der Waals surface area (Å²) in [4.78, 5) is 28.4. The molecule has 8 bridgehead atoms. The van der Waals surface area contributed by atoms with Crippen molar-refractivity contribution in [1.29, 1.82) is 0 Å². The summed E-state index contributed by atoms with van der Waals surface area (Å²) in [6, 6.07) is 19.7. The number of aromatic nitrogens is 2. The van der Waals surface area contributed by atoms with E-state index in [1.54, 1.807) is 10.7 Å². The van der Waals surface area contributed by atoms with E-state index >= 15 is 0 Å². The molecule has 1 atom stereocenters. The summed E-state index contributed by atoms with van der Waals surface area (Å²) in [7, 11) is 1.83. The number of hydrogen-bond acceptors (Lipinski definition) is 6. The number of phenols is 1. The van der Waals surface area contributed by atoms with Gasteiger partial charge in [0, 0.05) is 25.8 Å². The Morgan fingerprint density at radius 1 is 1.05 bits per heavy atom. The predicted octanol–water partition coefficient (Wildman–Crippen LogP) is 4.53. The average molecular weight is 539 g/mol. The van der Waals surface area contributed by atoms with Gasteiger partial charge in [0.1, 0.15) is 23.0 Å². The van der Waals surface area contributed by atoms with Crippen molar-refractivity contribution in [1.82, 2.24) is 20.0 Å². The fourth-order valence-corrected chi connectivity index (χ4v) is 5.29. The quantitative estimate of drug-likeness (QED) is 0.369. The molecule has 4 heterocycles. The zero-order chi connectivity index (χ0) is 27.8. The molecule has 0 radical (unpaired) electrons. The van der Waals surface area contributed by atoms with Crippen LogP contribution in [0.5, 0.6) is 23.0 Å². The Morgan fingerprint density at radius 3 is 2.70 bits per heavy atom. The summed E-state index contributed by atoms with van der Waals surface area (Å²) in [5, 5.41) is 17.6. The Bertz CT molecular complexity index is 1590. The molecule has 4 aromatic rings. The number of amides is 2. The van der Waals surface area contributed by atoms with Crippen molar-refractivity contribution in [3.63, 3.8) is 0 Å². The van der Waals surface area contributed by atoms with Crippen LogP contribution in [0.25, 0.3) is 0 Å². The summed E-state index contributed by atoms with van der Waals surface area (Å²) in [5.74, 6) is 1.10. The van der Waals surface area contributed by atoms with E-state index in [0.29, 0.717) is 55.5 Å². The minimum absolute atomic E-state index is 0.117. The highest BCUT2D eigenvalue weighted by atomic mass is 16.5. The van der Waals surface area contributed by atoms with Crippen LogP contribution >= 0.6 is 0 Å². The van der Waals surface area contributed by atoms with Gasteiger partial charge in [0.2, 0.25) is 0 Å². The van der Waals surface area contributed by atoms with Crippen molar-refractivity contribution in [2.45, 2.75) is 25.8 Å². The lowest BCUT2D eigenvalue weighted by molar-refractivity contribution is 0.0687. The average Bonchev–Trinajstić information content (AvgIpc) is 3.30. The highest BCUT2D eigenvalue weighted by molar-refractivity contribution is 5.97. The topological polar surface area (TPSA) is 106 Å². The fourth-order valence-electron chi connectivity index (χ4n) is 5.29. The van der Waals surface area contributed by atoms with Crippen molar-refractivity contribution < 1.29 is 24.2 Å². The molecule has 3 aromatic carbocycles. The number of nitrogens with zero attached hydrogens (tertiary/aromatic N) is 3. The summed E-state index contributed by atoms with van der Waals surface area (Å²) in [5.41, 5.74) is 4.48. The SMILES string of the molecule is Cc1cc(C(=O)N2CCc3cc4ccc3C2c2cccc(c2)OCCCNC(=O)c2cc(ccc2O)O4)nn1C. The van der Waals surface area contributed by atoms with Gasteiger partial charge in [-0.3, -0.25) is 14.3 Å². The summed E-state index contributed by atoms with van der Waals surface area (Å²) < 4.78 is 13.9. The molecule has 1 unspecified atom stereocenters. The van der Waals surface area contributed by atoms with Crippen molar-refractivity contribution in [2.24, 2.45) is 7.05 Å². The van der Waals surface area contributed by atoms with Crippen LogP contribution in [0.4, 0.5) is 0 Å². The highest BCUT2D eigenvalue weighted by Gasteiger charge is 2.34. The summed E-state index contributed by atoms with van der Waals surface area (Å²) in [6.07, 6.45) is 1.21. The van der Waals surface area contributed by atoms with Crippen LogP contribution in [0, 0.1) is 6.92 Å². The highest BCUT2D eigenvalue weighted by Crippen LogP contribution is 2.39. The number of carbonyl (C=O) groups is 2. The Kier molecular flexibility index (Phi) is 6.63. The van der Waals surface area contributed by atoms with Crippen LogP contribution < -0.4 is 14.8 Å². The van der Waals surface area contributed by atoms with Crippen LogP contribution in [-0.2, 0) is 13.5 Å². The van der Waals surface area contributed by atoms with Crippen LogP contribution in [0.2, 0.25) is 0 Å². The molecule has 3 aliphatic heterocycles. The molecule has 2 amide bonds. The third-order valence-electron chi connectivity index (χ3n) is 7.43. The number of ether oxygens (including phenoxy) is 2. The van der Waals surface area contributed by atoms with E-state index in [4.69, 9.17) is 9.47 Å². The third-order valence-corrected chi connectivity index (χ3v) is 7.43. The van der Waals surface area contributed by atoms with Crippen molar-refractivity contribution >= 4 is 11.8 Å². The molecule has 3 aliphatic rings. The fraction of sp³-hybridized carbons (Fsp3) is 0.258. The van der Waals surface area contributed by atoms with Crippen molar-refractivity contribution in [3.05, 3.63) is 100 Å².